The van der Waals surface area contributed by atoms with E-state index in [9.17, 15) is 36.7 Å². The van der Waals surface area contributed by atoms with Crippen molar-refractivity contribution in [3.63, 3.8) is 0 Å². The van der Waals surface area contributed by atoms with E-state index in [0.717, 1.165) is 30.4 Å². The van der Waals surface area contributed by atoms with Crippen LogP contribution in [0, 0.1) is 17.2 Å². The summed E-state index contributed by atoms with van der Waals surface area (Å²) in [5, 5.41) is 17.4. The van der Waals surface area contributed by atoms with Crippen LogP contribution in [-0.2, 0) is 31.8 Å². The zero-order valence-corrected chi connectivity index (χ0v) is 32.6. The van der Waals surface area contributed by atoms with Crippen LogP contribution in [0.15, 0.2) is 54.7 Å². The number of ether oxygens (including phenoxy) is 1. The Balaban J connectivity index is 1.01. The van der Waals surface area contributed by atoms with E-state index in [1.165, 1.54) is 11.0 Å². The summed E-state index contributed by atoms with van der Waals surface area (Å²) in [4.78, 5) is 58.2. The maximum atomic E-state index is 13.8. The molecule has 3 saturated heterocycles. The molecule has 13 nitrogen and oxygen atoms in total. The number of thiocarbonyl (C=S) groups is 1. The number of carbonyl (C=O) groups is 4. The Labute approximate surface area is 337 Å². The summed E-state index contributed by atoms with van der Waals surface area (Å²) in [6, 6.07) is 13.6. The van der Waals surface area contributed by atoms with Crippen molar-refractivity contribution in [2.24, 2.45) is 5.92 Å². The van der Waals surface area contributed by atoms with Crippen LogP contribution >= 0.6 is 12.2 Å². The maximum absolute atomic E-state index is 13.8. The number of carbonyl (C=O) groups excluding carboxylic acids is 4. The van der Waals surface area contributed by atoms with Crippen LogP contribution < -0.4 is 30.5 Å². The van der Waals surface area contributed by atoms with Crippen LogP contribution in [0.5, 0.6) is 5.75 Å². The quantitative estimate of drug-likeness (QED) is 0.110. The van der Waals surface area contributed by atoms with Crippen molar-refractivity contribution < 1.29 is 41.5 Å². The number of imide groups is 1. The fourth-order valence-corrected chi connectivity index (χ4v) is 7.89. The van der Waals surface area contributed by atoms with Gasteiger partial charge < -0.3 is 20.3 Å². The highest BCUT2D eigenvalue weighted by molar-refractivity contribution is 7.81. The Morgan fingerprint density at radius 3 is 2.50 bits per heavy atom. The van der Waals surface area contributed by atoms with E-state index in [2.05, 4.69) is 25.8 Å². The monoisotopic (exact) mass is 822 g/mol. The van der Waals surface area contributed by atoms with E-state index in [-0.39, 0.29) is 47.9 Å². The lowest BCUT2D eigenvalue weighted by atomic mass is 9.94. The summed E-state index contributed by atoms with van der Waals surface area (Å²) in [5.74, 6) is -0.643. The second-order valence-corrected chi connectivity index (χ2v) is 15.2. The lowest BCUT2D eigenvalue weighted by Gasteiger charge is -2.31. The molecule has 0 aliphatic carbocycles. The molecular weight excluding hydrogens is 781 g/mol. The second-order valence-electron chi connectivity index (χ2n) is 14.9. The molecule has 18 heteroatoms. The molecule has 0 spiro atoms. The summed E-state index contributed by atoms with van der Waals surface area (Å²) < 4.78 is 61.1. The minimum Gasteiger partial charge on any atom is -0.493 e. The van der Waals surface area contributed by atoms with Crippen LogP contribution in [0.2, 0.25) is 0 Å². The van der Waals surface area contributed by atoms with Gasteiger partial charge in [0.1, 0.15) is 23.4 Å². The number of likely N-dealkylation sites (tertiary alicyclic amines) is 1. The Morgan fingerprint density at radius 2 is 1.81 bits per heavy atom. The van der Waals surface area contributed by atoms with Crippen molar-refractivity contribution in [3.05, 3.63) is 71.5 Å². The first kappa shape index (κ1) is 41.9. The molecule has 0 saturated carbocycles. The van der Waals surface area contributed by atoms with Gasteiger partial charge in [-0.1, -0.05) is 6.07 Å². The van der Waals surface area contributed by atoms with Crippen molar-refractivity contribution in [3.8, 4) is 11.8 Å². The van der Waals surface area contributed by atoms with Crippen LogP contribution in [0.3, 0.4) is 0 Å². The molecule has 3 aliphatic rings. The summed E-state index contributed by atoms with van der Waals surface area (Å²) in [7, 11) is 0. The second kappa shape index (κ2) is 17.4. The number of hydrogen-bond donors (Lipinski definition) is 3. The van der Waals surface area contributed by atoms with Gasteiger partial charge in [0.05, 0.1) is 37.3 Å². The highest BCUT2D eigenvalue weighted by Gasteiger charge is 2.51. The minimum atomic E-state index is -4.89. The van der Waals surface area contributed by atoms with Crippen LogP contribution in [0.4, 0.5) is 40.3 Å². The topological polar surface area (TPSA) is 160 Å². The molecule has 306 valence electrons. The number of nitrogens with zero attached hydrogens (tertiary/aromatic N) is 5. The van der Waals surface area contributed by atoms with Crippen LogP contribution in [0.1, 0.15) is 62.8 Å². The third-order valence-electron chi connectivity index (χ3n) is 10.5. The molecule has 3 aromatic rings. The van der Waals surface area contributed by atoms with Gasteiger partial charge in [-0.05, 0) is 119 Å². The lowest BCUT2D eigenvalue weighted by Crippen LogP contribution is -2.47. The van der Waals surface area contributed by atoms with Gasteiger partial charge in [0.15, 0.2) is 10.8 Å². The number of aromatic nitrogens is 1. The Morgan fingerprint density at radius 1 is 1.07 bits per heavy atom. The average Bonchev–Trinajstić information content (AvgIpc) is 3.35. The zero-order valence-electron chi connectivity index (χ0n) is 31.8. The molecule has 3 N–H and O–H groups in total. The third-order valence-corrected chi connectivity index (χ3v) is 10.8. The van der Waals surface area contributed by atoms with Gasteiger partial charge in [-0.3, -0.25) is 38.7 Å². The molecule has 2 aromatic carbocycles. The summed E-state index contributed by atoms with van der Waals surface area (Å²) >= 11 is 5.63. The Bertz CT molecular complexity index is 2140. The number of nitrogens with one attached hydrogen (secondary N) is 3. The van der Waals surface area contributed by atoms with E-state index < -0.39 is 41.6 Å². The molecule has 1 aromatic heterocycles. The van der Waals surface area contributed by atoms with Gasteiger partial charge in [-0.25, -0.2) is 4.98 Å². The number of piperidine rings is 2. The third kappa shape index (κ3) is 9.37. The smallest absolute Gasteiger partial charge is 0.419 e. The van der Waals surface area contributed by atoms with Gasteiger partial charge >= 0.3 is 6.18 Å². The molecular formula is C40H42F4N8O5S. The zero-order chi connectivity index (χ0) is 41.8. The number of pyridine rings is 1. The fourth-order valence-electron chi connectivity index (χ4n) is 7.37. The van der Waals surface area contributed by atoms with E-state index in [1.807, 2.05) is 0 Å². The van der Waals surface area contributed by atoms with Crippen molar-refractivity contribution >= 4 is 63.7 Å². The summed E-state index contributed by atoms with van der Waals surface area (Å²) in [6.07, 6.45) is -0.806. The maximum Gasteiger partial charge on any atom is 0.419 e. The van der Waals surface area contributed by atoms with Crippen molar-refractivity contribution in [2.75, 3.05) is 53.3 Å². The Hall–Kier alpha value is -5.67. The van der Waals surface area contributed by atoms with E-state index >= 15 is 0 Å². The number of amides is 4. The molecule has 4 amide bonds. The predicted octanol–water partition coefficient (Wildman–Crippen LogP) is 5.74. The minimum absolute atomic E-state index is 0.0114. The summed E-state index contributed by atoms with van der Waals surface area (Å²) in [5.41, 5.74) is -1.50. The normalized spacial score (nSPS) is 18.9. The number of benzene rings is 2. The molecule has 58 heavy (non-hydrogen) atoms. The first-order valence-electron chi connectivity index (χ1n) is 18.8. The highest BCUT2D eigenvalue weighted by atomic mass is 32.1. The van der Waals surface area contributed by atoms with Crippen molar-refractivity contribution in [2.45, 2.75) is 70.1 Å². The molecule has 1 atom stereocenters. The number of nitriles is 1. The molecule has 0 radical (unpaired) electrons. The van der Waals surface area contributed by atoms with Gasteiger partial charge in [0.25, 0.3) is 5.91 Å². The van der Waals surface area contributed by atoms with E-state index in [1.54, 1.807) is 56.3 Å². The molecule has 3 aliphatic heterocycles. The predicted molar refractivity (Wildman–Crippen MR) is 211 cm³/mol. The fraction of sp³-hybridized carbons (Fsp3) is 0.425. The van der Waals surface area contributed by atoms with Gasteiger partial charge in [-0.15, -0.1) is 0 Å². The van der Waals surface area contributed by atoms with E-state index in [4.69, 9.17) is 22.2 Å². The lowest BCUT2D eigenvalue weighted by molar-refractivity contribution is -0.138. The van der Waals surface area contributed by atoms with E-state index in [0.29, 0.717) is 66.5 Å². The van der Waals surface area contributed by atoms with Gasteiger partial charge in [0.2, 0.25) is 17.7 Å². The Kier molecular flexibility index (Phi) is 12.6. The number of rotatable bonds is 13. The van der Waals surface area contributed by atoms with Crippen molar-refractivity contribution in [1.29, 1.82) is 5.26 Å². The summed E-state index contributed by atoms with van der Waals surface area (Å²) in [6.45, 7) is 4.47. The SMILES string of the molecule is CC1(C)C(=O)N(c2cnc(C#N)c(C(F)(F)F)c2)C(=S)N1c1ccc(OCCC2CCN(CC(=O)Nc3cccc(NC4CCC(=O)NC4=O)c3)CC2)c(CCF)c1. The number of alkyl halides is 4. The van der Waals surface area contributed by atoms with Crippen LogP contribution in [0.25, 0.3) is 0 Å². The first-order valence-corrected chi connectivity index (χ1v) is 19.2. The number of hydrogen-bond acceptors (Lipinski definition) is 10. The van der Waals surface area contributed by atoms with Gasteiger partial charge in [-0.2, -0.15) is 18.4 Å². The first-order chi connectivity index (χ1) is 27.6. The average molecular weight is 823 g/mol. The molecule has 0 bridgehead atoms. The molecule has 4 heterocycles. The van der Waals surface area contributed by atoms with Crippen LogP contribution in [-0.4, -0.2) is 83.1 Å². The molecule has 1 unspecified atom stereocenters. The van der Waals surface area contributed by atoms with Crippen molar-refractivity contribution in [1.82, 2.24) is 15.2 Å². The standard InChI is InChI=1S/C40H42F4N8O5S/c1-39(2)37(56)51(29-20-30(40(42,43)44)32(21-45)46-22-29)38(58)52(39)28-6-8-33(25(18-28)10-14-41)57-17-13-24-11-15-50(16-12-24)23-35(54)48-27-5-3-4-26(19-27)47-31-7-9-34(53)49-36(31)55/h3-6,8,18-20,22,24,31,47H,7,9-17,23H2,1-2H3,(H,48,54)(H,49,53,55). The van der Waals surface area contributed by atoms with Gasteiger partial charge in [0, 0.05) is 29.9 Å². The molecule has 3 fully saturated rings. The highest BCUT2D eigenvalue weighted by Crippen LogP contribution is 2.40. The number of aryl methyl sites for hydroxylation is 1. The number of halogens is 4. The number of anilines is 4. The largest absolute Gasteiger partial charge is 0.493 e. The molecule has 6 rings (SSSR count).